The van der Waals surface area contributed by atoms with Gasteiger partial charge in [-0.3, -0.25) is 14.4 Å². The number of imide groups is 3. The number of hydrogen-bond donors (Lipinski definition) is 1. The molecule has 24 heavy (non-hydrogen) atoms. The first-order valence-electron chi connectivity index (χ1n) is 7.14. The van der Waals surface area contributed by atoms with Crippen molar-refractivity contribution in [1.29, 1.82) is 0 Å². The standard InChI is InChI=1S/C18H13NO4S/c1-11-5-7-13(8-6-11)16(21)19-17(22)15(24-18(19)23)10-12-3-2-4-14(20)9-12/h2-10,20H,1H3. The summed E-state index contributed by atoms with van der Waals surface area (Å²) >= 11 is 0.705. The molecule has 2 aromatic rings. The van der Waals surface area contributed by atoms with E-state index in [4.69, 9.17) is 0 Å². The largest absolute Gasteiger partial charge is 0.508 e. The van der Waals surface area contributed by atoms with Crippen molar-refractivity contribution in [1.82, 2.24) is 4.90 Å². The molecule has 120 valence electrons. The average molecular weight is 339 g/mol. The van der Waals surface area contributed by atoms with Crippen molar-refractivity contribution >= 4 is 34.9 Å². The van der Waals surface area contributed by atoms with Crippen LogP contribution < -0.4 is 0 Å². The van der Waals surface area contributed by atoms with E-state index in [0.717, 1.165) is 5.56 Å². The summed E-state index contributed by atoms with van der Waals surface area (Å²) < 4.78 is 0. The number of amides is 3. The fourth-order valence-corrected chi connectivity index (χ4v) is 3.05. The van der Waals surface area contributed by atoms with Crippen LogP contribution >= 0.6 is 11.8 Å². The van der Waals surface area contributed by atoms with Gasteiger partial charge in [-0.2, -0.15) is 0 Å². The predicted molar refractivity (Wildman–Crippen MR) is 91.4 cm³/mol. The Hall–Kier alpha value is -2.86. The van der Waals surface area contributed by atoms with E-state index in [-0.39, 0.29) is 16.2 Å². The summed E-state index contributed by atoms with van der Waals surface area (Å²) in [5, 5.41) is 8.84. The lowest BCUT2D eigenvalue weighted by Crippen LogP contribution is -2.34. The first-order valence-corrected chi connectivity index (χ1v) is 7.95. The van der Waals surface area contributed by atoms with Crippen LogP contribution in [0.2, 0.25) is 0 Å². The lowest BCUT2D eigenvalue weighted by atomic mass is 10.1. The van der Waals surface area contributed by atoms with Gasteiger partial charge in [0.25, 0.3) is 11.8 Å². The number of rotatable bonds is 2. The second kappa shape index (κ2) is 6.33. The van der Waals surface area contributed by atoms with Crippen molar-refractivity contribution in [3.63, 3.8) is 0 Å². The van der Waals surface area contributed by atoms with E-state index in [2.05, 4.69) is 0 Å². The number of aromatic hydroxyl groups is 1. The van der Waals surface area contributed by atoms with E-state index in [9.17, 15) is 19.5 Å². The molecule has 1 saturated heterocycles. The van der Waals surface area contributed by atoms with Gasteiger partial charge in [0.2, 0.25) is 0 Å². The van der Waals surface area contributed by atoms with E-state index in [1.807, 2.05) is 6.92 Å². The first-order chi connectivity index (χ1) is 11.5. The van der Waals surface area contributed by atoms with Gasteiger partial charge in [-0.15, -0.1) is 0 Å². The highest BCUT2D eigenvalue weighted by molar-refractivity contribution is 8.18. The molecule has 1 N–H and O–H groups in total. The highest BCUT2D eigenvalue weighted by atomic mass is 32.2. The van der Waals surface area contributed by atoms with Crippen molar-refractivity contribution in [2.75, 3.05) is 0 Å². The minimum atomic E-state index is -0.654. The zero-order chi connectivity index (χ0) is 17.3. The Kier molecular flexibility index (Phi) is 4.22. The SMILES string of the molecule is Cc1ccc(C(=O)N2C(=O)SC(=Cc3cccc(O)c3)C2=O)cc1. The molecule has 0 aromatic heterocycles. The Bertz CT molecular complexity index is 871. The van der Waals surface area contributed by atoms with Crippen molar-refractivity contribution in [3.8, 4) is 5.75 Å². The zero-order valence-electron chi connectivity index (χ0n) is 12.7. The van der Waals surface area contributed by atoms with E-state index in [0.29, 0.717) is 22.2 Å². The quantitative estimate of drug-likeness (QED) is 0.669. The first kappa shape index (κ1) is 16.0. The third-order valence-electron chi connectivity index (χ3n) is 3.46. The maximum absolute atomic E-state index is 12.4. The number of nitrogens with zero attached hydrogens (tertiary/aromatic N) is 1. The van der Waals surface area contributed by atoms with Crippen molar-refractivity contribution in [2.24, 2.45) is 0 Å². The number of aryl methyl sites for hydroxylation is 1. The number of thioether (sulfide) groups is 1. The molecular weight excluding hydrogens is 326 g/mol. The highest BCUT2D eigenvalue weighted by Gasteiger charge is 2.40. The number of phenols is 1. The van der Waals surface area contributed by atoms with Gasteiger partial charge in [0, 0.05) is 5.56 Å². The Morgan fingerprint density at radius 1 is 1.12 bits per heavy atom. The Morgan fingerprint density at radius 3 is 2.50 bits per heavy atom. The van der Waals surface area contributed by atoms with Crippen LogP contribution in [0.15, 0.2) is 53.4 Å². The van der Waals surface area contributed by atoms with Crippen molar-refractivity contribution < 1.29 is 19.5 Å². The lowest BCUT2D eigenvalue weighted by molar-refractivity contribution is -0.120. The van der Waals surface area contributed by atoms with Crippen LogP contribution in [0.5, 0.6) is 5.75 Å². The molecule has 6 heteroatoms. The normalized spacial score (nSPS) is 16.0. The smallest absolute Gasteiger partial charge is 0.300 e. The predicted octanol–water partition coefficient (Wildman–Crippen LogP) is 3.58. The van der Waals surface area contributed by atoms with Crippen LogP contribution in [0.25, 0.3) is 6.08 Å². The molecule has 3 rings (SSSR count). The monoisotopic (exact) mass is 339 g/mol. The van der Waals surface area contributed by atoms with Gasteiger partial charge in [0.1, 0.15) is 5.75 Å². The Morgan fingerprint density at radius 2 is 1.83 bits per heavy atom. The molecule has 1 fully saturated rings. The molecule has 5 nitrogen and oxygen atoms in total. The highest BCUT2D eigenvalue weighted by Crippen LogP contribution is 2.33. The van der Waals surface area contributed by atoms with E-state index in [1.54, 1.807) is 36.4 Å². The summed E-state index contributed by atoms with van der Waals surface area (Å²) in [7, 11) is 0. The van der Waals surface area contributed by atoms with Gasteiger partial charge < -0.3 is 5.11 Å². The summed E-state index contributed by atoms with van der Waals surface area (Å²) in [5.74, 6) is -1.24. The molecule has 0 radical (unpaired) electrons. The van der Waals surface area contributed by atoms with Gasteiger partial charge >= 0.3 is 5.24 Å². The van der Waals surface area contributed by atoms with Crippen LogP contribution in [0.4, 0.5) is 4.79 Å². The average Bonchev–Trinajstić information content (AvgIpc) is 2.81. The zero-order valence-corrected chi connectivity index (χ0v) is 13.5. The summed E-state index contributed by atoms with van der Waals surface area (Å²) in [5.41, 5.74) is 1.83. The molecule has 0 aliphatic carbocycles. The van der Waals surface area contributed by atoms with Gasteiger partial charge in [-0.1, -0.05) is 29.8 Å². The van der Waals surface area contributed by atoms with Crippen LogP contribution in [0, 0.1) is 6.92 Å². The summed E-state index contributed by atoms with van der Waals surface area (Å²) in [4.78, 5) is 37.7. The van der Waals surface area contributed by atoms with E-state index in [1.165, 1.54) is 18.2 Å². The Balaban J connectivity index is 1.89. The van der Waals surface area contributed by atoms with Gasteiger partial charge in [0.15, 0.2) is 0 Å². The number of carbonyl (C=O) groups excluding carboxylic acids is 3. The van der Waals surface area contributed by atoms with E-state index < -0.39 is 17.1 Å². The molecule has 0 spiro atoms. The molecule has 1 aliphatic heterocycles. The summed E-state index contributed by atoms with van der Waals surface area (Å²) in [6.45, 7) is 1.88. The van der Waals surface area contributed by atoms with Crippen LogP contribution in [-0.2, 0) is 4.79 Å². The number of phenolic OH excluding ortho intramolecular Hbond substituents is 1. The number of carbonyl (C=O) groups is 3. The van der Waals surface area contributed by atoms with E-state index >= 15 is 0 Å². The maximum Gasteiger partial charge on any atom is 0.300 e. The number of hydrogen-bond acceptors (Lipinski definition) is 5. The number of benzene rings is 2. The van der Waals surface area contributed by atoms with Crippen molar-refractivity contribution in [2.45, 2.75) is 6.92 Å². The topological polar surface area (TPSA) is 74.7 Å². The summed E-state index contributed by atoms with van der Waals surface area (Å²) in [6.07, 6.45) is 1.48. The fourth-order valence-electron chi connectivity index (χ4n) is 2.23. The molecule has 1 aliphatic rings. The molecule has 0 unspecified atom stereocenters. The molecule has 1 heterocycles. The minimum Gasteiger partial charge on any atom is -0.508 e. The van der Waals surface area contributed by atoms with Gasteiger partial charge in [0.05, 0.1) is 4.91 Å². The van der Waals surface area contributed by atoms with Crippen LogP contribution in [0.3, 0.4) is 0 Å². The third-order valence-corrected chi connectivity index (χ3v) is 4.33. The van der Waals surface area contributed by atoms with Gasteiger partial charge in [-0.25, -0.2) is 4.90 Å². The van der Waals surface area contributed by atoms with Crippen LogP contribution in [-0.4, -0.2) is 27.1 Å². The Labute approximate surface area is 142 Å². The fraction of sp³-hybridized carbons (Fsp3) is 0.0556. The molecule has 0 bridgehead atoms. The third kappa shape index (κ3) is 3.09. The van der Waals surface area contributed by atoms with Gasteiger partial charge in [-0.05, 0) is 54.6 Å². The van der Waals surface area contributed by atoms with Crippen molar-refractivity contribution in [3.05, 3.63) is 70.1 Å². The molecule has 0 atom stereocenters. The molecule has 3 amide bonds. The van der Waals surface area contributed by atoms with Crippen LogP contribution in [0.1, 0.15) is 21.5 Å². The minimum absolute atomic E-state index is 0.0544. The molecule has 0 saturated carbocycles. The lowest BCUT2D eigenvalue weighted by Gasteiger charge is -2.10. The second-order valence-electron chi connectivity index (χ2n) is 5.28. The maximum atomic E-state index is 12.4. The molecule has 2 aromatic carbocycles. The summed E-state index contributed by atoms with van der Waals surface area (Å²) in [6, 6.07) is 12.9. The second-order valence-corrected chi connectivity index (χ2v) is 6.28. The molecular formula is C18H13NO4S.